The highest BCUT2D eigenvalue weighted by Crippen LogP contribution is 2.15. The van der Waals surface area contributed by atoms with Crippen LogP contribution in [0.4, 0.5) is 5.69 Å². The Morgan fingerprint density at radius 2 is 2.00 bits per heavy atom. The summed E-state index contributed by atoms with van der Waals surface area (Å²) < 4.78 is 5.37. The minimum Gasteiger partial charge on any atom is -0.494 e. The van der Waals surface area contributed by atoms with Crippen LogP contribution in [0.3, 0.4) is 0 Å². The predicted octanol–water partition coefficient (Wildman–Crippen LogP) is 3.25. The first kappa shape index (κ1) is 12.2. The molecule has 0 radical (unpaired) electrons. The summed E-state index contributed by atoms with van der Waals surface area (Å²) in [6, 6.07) is 8.12. The van der Waals surface area contributed by atoms with Gasteiger partial charge in [-0.05, 0) is 49.6 Å². The van der Waals surface area contributed by atoms with Gasteiger partial charge in [-0.25, -0.2) is 0 Å². The second kappa shape index (κ2) is 7.46. The zero-order valence-corrected chi connectivity index (χ0v) is 10.3. The van der Waals surface area contributed by atoms with Gasteiger partial charge in [0.25, 0.3) is 0 Å². The van der Waals surface area contributed by atoms with E-state index in [0.29, 0.717) is 0 Å². The van der Waals surface area contributed by atoms with Gasteiger partial charge in [0.05, 0.1) is 6.61 Å². The molecule has 0 saturated heterocycles. The second-order valence-corrected chi connectivity index (χ2v) is 4.22. The van der Waals surface area contributed by atoms with Crippen LogP contribution in [0.2, 0.25) is 0 Å². The fourth-order valence-electron chi connectivity index (χ4n) is 1.28. The third-order valence-corrected chi connectivity index (χ3v) is 2.72. The number of rotatable bonds is 7. The van der Waals surface area contributed by atoms with Crippen LogP contribution in [0.5, 0.6) is 5.75 Å². The Morgan fingerprint density at radius 3 is 2.60 bits per heavy atom. The molecular formula is C12H19NOS. The van der Waals surface area contributed by atoms with Crippen molar-refractivity contribution in [2.75, 3.05) is 30.5 Å². The standard InChI is InChI=1S/C12H19NOS/c1-3-14-12-7-5-11(6-8-12)13-9-4-10-15-2/h5-8,13H,3-4,9-10H2,1-2H3. The molecule has 0 atom stereocenters. The summed E-state index contributed by atoms with van der Waals surface area (Å²) in [6.45, 7) is 3.75. The lowest BCUT2D eigenvalue weighted by molar-refractivity contribution is 0.340. The molecule has 0 fully saturated rings. The lowest BCUT2D eigenvalue weighted by atomic mass is 10.3. The number of thioether (sulfide) groups is 1. The third kappa shape index (κ3) is 4.98. The number of hydrogen-bond acceptors (Lipinski definition) is 3. The first-order valence-corrected chi connectivity index (χ1v) is 6.72. The summed E-state index contributed by atoms with van der Waals surface area (Å²) in [6.07, 6.45) is 3.34. The monoisotopic (exact) mass is 225 g/mol. The second-order valence-electron chi connectivity index (χ2n) is 3.23. The van der Waals surface area contributed by atoms with Crippen molar-refractivity contribution in [2.24, 2.45) is 0 Å². The molecule has 1 aromatic rings. The molecule has 0 aromatic heterocycles. The number of ether oxygens (including phenoxy) is 1. The van der Waals surface area contributed by atoms with Crippen LogP contribution in [0.15, 0.2) is 24.3 Å². The fraction of sp³-hybridized carbons (Fsp3) is 0.500. The number of anilines is 1. The van der Waals surface area contributed by atoms with Crippen LogP contribution >= 0.6 is 11.8 Å². The Kier molecular flexibility index (Phi) is 6.09. The maximum absolute atomic E-state index is 5.37. The molecule has 0 unspecified atom stereocenters. The molecule has 0 saturated carbocycles. The first-order chi connectivity index (χ1) is 7.36. The van der Waals surface area contributed by atoms with Gasteiger partial charge in [-0.2, -0.15) is 11.8 Å². The molecule has 3 heteroatoms. The summed E-state index contributed by atoms with van der Waals surface area (Å²) in [5.74, 6) is 2.15. The molecular weight excluding hydrogens is 206 g/mol. The van der Waals surface area contributed by atoms with Crippen LogP contribution in [0.25, 0.3) is 0 Å². The molecule has 0 spiro atoms. The molecule has 15 heavy (non-hydrogen) atoms. The van der Waals surface area contributed by atoms with Crippen molar-refractivity contribution in [2.45, 2.75) is 13.3 Å². The Balaban J connectivity index is 2.29. The quantitative estimate of drug-likeness (QED) is 0.720. The third-order valence-electron chi connectivity index (χ3n) is 2.02. The highest BCUT2D eigenvalue weighted by Gasteiger charge is 1.93. The number of hydrogen-bond donors (Lipinski definition) is 1. The minimum absolute atomic E-state index is 0.723. The average Bonchev–Trinajstić information content (AvgIpc) is 2.27. The zero-order chi connectivity index (χ0) is 10.9. The molecule has 0 aliphatic carbocycles. The normalized spacial score (nSPS) is 10.0. The SMILES string of the molecule is CCOc1ccc(NCCCSC)cc1. The van der Waals surface area contributed by atoms with Gasteiger partial charge in [-0.3, -0.25) is 0 Å². The van der Waals surface area contributed by atoms with Crippen LogP contribution in [0, 0.1) is 0 Å². The van der Waals surface area contributed by atoms with E-state index in [0.717, 1.165) is 18.9 Å². The van der Waals surface area contributed by atoms with Crippen molar-refractivity contribution in [3.8, 4) is 5.75 Å². The Bertz CT molecular complexity index is 261. The molecule has 0 aliphatic heterocycles. The largest absolute Gasteiger partial charge is 0.494 e. The van der Waals surface area contributed by atoms with Crippen molar-refractivity contribution < 1.29 is 4.74 Å². The van der Waals surface area contributed by atoms with Gasteiger partial charge in [-0.1, -0.05) is 0 Å². The van der Waals surface area contributed by atoms with Crippen LogP contribution < -0.4 is 10.1 Å². The predicted molar refractivity (Wildman–Crippen MR) is 69.1 cm³/mol. The van der Waals surface area contributed by atoms with E-state index < -0.39 is 0 Å². The van der Waals surface area contributed by atoms with Gasteiger partial charge >= 0.3 is 0 Å². The van der Waals surface area contributed by atoms with Crippen molar-refractivity contribution >= 4 is 17.4 Å². The molecule has 0 bridgehead atoms. The maximum atomic E-state index is 5.37. The Morgan fingerprint density at radius 1 is 1.27 bits per heavy atom. The van der Waals surface area contributed by atoms with Gasteiger partial charge in [0.1, 0.15) is 5.75 Å². The highest BCUT2D eigenvalue weighted by atomic mass is 32.2. The van der Waals surface area contributed by atoms with Gasteiger partial charge in [0.15, 0.2) is 0 Å². The van der Waals surface area contributed by atoms with Gasteiger partial charge < -0.3 is 10.1 Å². The van der Waals surface area contributed by atoms with Gasteiger partial charge in [0.2, 0.25) is 0 Å². The van der Waals surface area contributed by atoms with E-state index in [1.165, 1.54) is 17.9 Å². The summed E-state index contributed by atoms with van der Waals surface area (Å²) in [5.41, 5.74) is 1.17. The van der Waals surface area contributed by atoms with Gasteiger partial charge in [-0.15, -0.1) is 0 Å². The van der Waals surface area contributed by atoms with E-state index in [1.807, 2.05) is 30.8 Å². The summed E-state index contributed by atoms with van der Waals surface area (Å²) >= 11 is 1.89. The number of nitrogens with one attached hydrogen (secondary N) is 1. The lowest BCUT2D eigenvalue weighted by Gasteiger charge is -2.07. The maximum Gasteiger partial charge on any atom is 0.119 e. The van der Waals surface area contributed by atoms with Crippen LogP contribution in [-0.2, 0) is 0 Å². The zero-order valence-electron chi connectivity index (χ0n) is 9.45. The Labute approximate surface area is 96.4 Å². The molecule has 2 nitrogen and oxygen atoms in total. The van der Waals surface area contributed by atoms with E-state index in [1.54, 1.807) is 0 Å². The smallest absolute Gasteiger partial charge is 0.119 e. The van der Waals surface area contributed by atoms with Crippen molar-refractivity contribution in [1.82, 2.24) is 0 Å². The van der Waals surface area contributed by atoms with Gasteiger partial charge in [0, 0.05) is 12.2 Å². The van der Waals surface area contributed by atoms with E-state index in [9.17, 15) is 0 Å². The summed E-state index contributed by atoms with van der Waals surface area (Å²) in [7, 11) is 0. The van der Waals surface area contributed by atoms with E-state index in [4.69, 9.17) is 4.74 Å². The summed E-state index contributed by atoms with van der Waals surface area (Å²) in [5, 5.41) is 3.38. The molecule has 84 valence electrons. The van der Waals surface area contributed by atoms with Crippen molar-refractivity contribution in [3.63, 3.8) is 0 Å². The van der Waals surface area contributed by atoms with Crippen molar-refractivity contribution in [3.05, 3.63) is 24.3 Å². The molecule has 1 N–H and O–H groups in total. The first-order valence-electron chi connectivity index (χ1n) is 5.32. The molecule has 1 rings (SSSR count). The molecule has 0 aliphatic rings. The van der Waals surface area contributed by atoms with E-state index in [2.05, 4.69) is 23.7 Å². The van der Waals surface area contributed by atoms with Crippen LogP contribution in [0.1, 0.15) is 13.3 Å². The molecule has 1 aromatic carbocycles. The number of benzene rings is 1. The van der Waals surface area contributed by atoms with E-state index in [-0.39, 0.29) is 0 Å². The van der Waals surface area contributed by atoms with E-state index >= 15 is 0 Å². The topological polar surface area (TPSA) is 21.3 Å². The highest BCUT2D eigenvalue weighted by molar-refractivity contribution is 7.98. The fourth-order valence-corrected chi connectivity index (χ4v) is 1.72. The van der Waals surface area contributed by atoms with Crippen molar-refractivity contribution in [1.29, 1.82) is 0 Å². The molecule has 0 amide bonds. The van der Waals surface area contributed by atoms with Crippen LogP contribution in [-0.4, -0.2) is 25.2 Å². The Hall–Kier alpha value is -0.830. The summed E-state index contributed by atoms with van der Waals surface area (Å²) in [4.78, 5) is 0. The minimum atomic E-state index is 0.723. The molecule has 0 heterocycles. The average molecular weight is 225 g/mol. The lowest BCUT2D eigenvalue weighted by Crippen LogP contribution is -2.02.